The first-order valence-corrected chi connectivity index (χ1v) is 10.3. The smallest absolute Gasteiger partial charge is 0.267 e. The summed E-state index contributed by atoms with van der Waals surface area (Å²) in [6, 6.07) is 14.3. The Balaban J connectivity index is 1.51. The van der Waals surface area contributed by atoms with Crippen LogP contribution in [0.2, 0.25) is 0 Å². The summed E-state index contributed by atoms with van der Waals surface area (Å²) in [6.45, 7) is 3.90. The van der Waals surface area contributed by atoms with Gasteiger partial charge in [0.15, 0.2) is 0 Å². The number of anilines is 2. The number of aryl methyl sites for hydroxylation is 1. The number of thiazole rings is 1. The van der Waals surface area contributed by atoms with Crippen molar-refractivity contribution in [2.75, 3.05) is 23.3 Å². The van der Waals surface area contributed by atoms with Crippen molar-refractivity contribution in [3.63, 3.8) is 0 Å². The zero-order valence-electron chi connectivity index (χ0n) is 15.7. The summed E-state index contributed by atoms with van der Waals surface area (Å²) in [5.74, 6) is -0.386. The van der Waals surface area contributed by atoms with E-state index in [1.54, 1.807) is 12.1 Å². The fraction of sp³-hybridized carbons (Fsp3) is 0.273. The maximum Gasteiger partial charge on any atom is 0.267 e. The highest BCUT2D eigenvalue weighted by molar-refractivity contribution is 7.14. The number of carbonyl (C=O) groups is 1. The summed E-state index contributed by atoms with van der Waals surface area (Å²) < 4.78 is 13.1. The summed E-state index contributed by atoms with van der Waals surface area (Å²) in [6.07, 6.45) is 2.95. The van der Waals surface area contributed by atoms with E-state index in [0.29, 0.717) is 11.3 Å². The highest BCUT2D eigenvalue weighted by Gasteiger charge is 2.20. The molecule has 0 aliphatic carbocycles. The molecule has 2 heterocycles. The molecule has 1 N–H and O–H groups in total. The second kappa shape index (κ2) is 8.10. The Morgan fingerprint density at radius 2 is 1.86 bits per heavy atom. The van der Waals surface area contributed by atoms with Gasteiger partial charge in [-0.05, 0) is 49.6 Å². The molecule has 0 radical (unpaired) electrons. The number of hydrogen-bond acceptors (Lipinski definition) is 4. The Labute approximate surface area is 168 Å². The Bertz CT molecular complexity index is 978. The van der Waals surface area contributed by atoms with Gasteiger partial charge < -0.3 is 10.2 Å². The van der Waals surface area contributed by atoms with Crippen LogP contribution in [-0.4, -0.2) is 24.0 Å². The molecule has 144 valence electrons. The molecular weight excluding hydrogens is 373 g/mol. The summed E-state index contributed by atoms with van der Waals surface area (Å²) in [4.78, 5) is 20.4. The number of nitrogens with zero attached hydrogens (tertiary/aromatic N) is 2. The molecule has 2 aromatic carbocycles. The quantitative estimate of drug-likeness (QED) is 0.659. The van der Waals surface area contributed by atoms with E-state index in [0.717, 1.165) is 40.7 Å². The number of nitrogens with one attached hydrogen (secondary N) is 1. The molecule has 3 aromatic rings. The fourth-order valence-electron chi connectivity index (χ4n) is 3.51. The van der Waals surface area contributed by atoms with Crippen molar-refractivity contribution in [2.24, 2.45) is 0 Å². The van der Waals surface area contributed by atoms with Gasteiger partial charge in [0.2, 0.25) is 0 Å². The second-order valence-corrected chi connectivity index (χ2v) is 8.07. The van der Waals surface area contributed by atoms with Gasteiger partial charge in [-0.3, -0.25) is 4.79 Å². The first-order valence-electron chi connectivity index (χ1n) is 9.46. The number of para-hydroxylation sites is 2. The van der Waals surface area contributed by atoms with Crippen molar-refractivity contribution < 1.29 is 9.18 Å². The maximum atomic E-state index is 13.1. The minimum Gasteiger partial charge on any atom is -0.370 e. The van der Waals surface area contributed by atoms with Crippen LogP contribution in [0.15, 0.2) is 48.5 Å². The van der Waals surface area contributed by atoms with Crippen molar-refractivity contribution in [3.8, 4) is 0 Å². The summed E-state index contributed by atoms with van der Waals surface area (Å²) >= 11 is 1.39. The lowest BCUT2D eigenvalue weighted by Crippen LogP contribution is -2.21. The Morgan fingerprint density at radius 1 is 1.14 bits per heavy atom. The molecule has 1 aliphatic heterocycles. The molecule has 4 rings (SSSR count). The average Bonchev–Trinajstić information content (AvgIpc) is 3.34. The molecule has 1 fully saturated rings. The molecule has 0 atom stereocenters. The van der Waals surface area contributed by atoms with Crippen LogP contribution in [0, 0.1) is 12.7 Å². The van der Waals surface area contributed by atoms with Gasteiger partial charge >= 0.3 is 0 Å². The predicted octanol–water partition coefficient (Wildman–Crippen LogP) is 5.03. The van der Waals surface area contributed by atoms with Gasteiger partial charge in [-0.2, -0.15) is 0 Å². The highest BCUT2D eigenvalue weighted by atomic mass is 32.1. The minimum atomic E-state index is -0.254. The molecule has 28 heavy (non-hydrogen) atoms. The average molecular weight is 396 g/mol. The van der Waals surface area contributed by atoms with Gasteiger partial charge in [-0.15, -0.1) is 11.3 Å². The van der Waals surface area contributed by atoms with E-state index in [1.807, 2.05) is 25.1 Å². The summed E-state index contributed by atoms with van der Waals surface area (Å²) in [5, 5.41) is 3.92. The predicted molar refractivity (Wildman–Crippen MR) is 112 cm³/mol. The number of aromatic nitrogens is 1. The molecule has 1 amide bonds. The largest absolute Gasteiger partial charge is 0.370 e. The molecule has 4 nitrogen and oxygen atoms in total. The molecule has 0 bridgehead atoms. The van der Waals surface area contributed by atoms with E-state index in [2.05, 4.69) is 21.3 Å². The van der Waals surface area contributed by atoms with Crippen LogP contribution in [-0.2, 0) is 6.42 Å². The topological polar surface area (TPSA) is 45.2 Å². The van der Waals surface area contributed by atoms with Crippen LogP contribution in [0.1, 0.15) is 38.8 Å². The van der Waals surface area contributed by atoms with E-state index in [4.69, 9.17) is 0 Å². The normalized spacial score (nSPS) is 13.7. The van der Waals surface area contributed by atoms with Crippen molar-refractivity contribution in [2.45, 2.75) is 26.2 Å². The number of halogens is 1. The third-order valence-corrected chi connectivity index (χ3v) is 6.07. The Morgan fingerprint density at radius 3 is 2.61 bits per heavy atom. The van der Waals surface area contributed by atoms with Crippen molar-refractivity contribution >= 4 is 28.6 Å². The third-order valence-electron chi connectivity index (χ3n) is 4.91. The van der Waals surface area contributed by atoms with Crippen LogP contribution in [0.25, 0.3) is 0 Å². The zero-order chi connectivity index (χ0) is 19.5. The lowest BCUT2D eigenvalue weighted by atomic mass is 10.1. The second-order valence-electron chi connectivity index (χ2n) is 6.99. The zero-order valence-corrected chi connectivity index (χ0v) is 16.6. The van der Waals surface area contributed by atoms with E-state index in [-0.39, 0.29) is 11.7 Å². The van der Waals surface area contributed by atoms with Gasteiger partial charge in [-0.25, -0.2) is 9.37 Å². The van der Waals surface area contributed by atoms with Gasteiger partial charge in [0, 0.05) is 19.5 Å². The first kappa shape index (κ1) is 18.6. The van der Waals surface area contributed by atoms with Crippen LogP contribution >= 0.6 is 11.3 Å². The van der Waals surface area contributed by atoms with E-state index < -0.39 is 0 Å². The summed E-state index contributed by atoms with van der Waals surface area (Å²) in [5.41, 5.74) is 3.60. The molecule has 1 aliphatic rings. The molecule has 6 heteroatoms. The third kappa shape index (κ3) is 4.07. The first-order chi connectivity index (χ1) is 13.6. The Kier molecular flexibility index (Phi) is 5.39. The van der Waals surface area contributed by atoms with Crippen LogP contribution in [0.3, 0.4) is 0 Å². The lowest BCUT2D eigenvalue weighted by molar-refractivity contribution is 0.103. The van der Waals surface area contributed by atoms with Crippen LogP contribution in [0.4, 0.5) is 15.8 Å². The van der Waals surface area contributed by atoms with Gasteiger partial charge in [0.05, 0.1) is 22.1 Å². The van der Waals surface area contributed by atoms with Crippen LogP contribution in [0.5, 0.6) is 0 Å². The Hall–Kier alpha value is -2.73. The molecule has 1 aromatic heterocycles. The molecule has 0 saturated carbocycles. The van der Waals surface area contributed by atoms with Crippen molar-refractivity contribution in [3.05, 3.63) is 75.5 Å². The molecule has 0 unspecified atom stereocenters. The number of carbonyl (C=O) groups excluding carboxylic acids is 1. The van der Waals surface area contributed by atoms with Gasteiger partial charge in [-0.1, -0.05) is 24.3 Å². The monoisotopic (exact) mass is 395 g/mol. The summed E-state index contributed by atoms with van der Waals surface area (Å²) in [7, 11) is 0. The standard InChI is InChI=1S/C22H22FN3OS/c1-15-21(28-20(24-15)14-16-8-10-17(23)11-9-16)22(27)25-18-6-2-3-7-19(18)26-12-4-5-13-26/h2-3,6-11H,4-5,12-14H2,1H3,(H,25,27). The van der Waals surface area contributed by atoms with Gasteiger partial charge in [0.25, 0.3) is 5.91 Å². The lowest BCUT2D eigenvalue weighted by Gasteiger charge is -2.21. The fourth-order valence-corrected chi connectivity index (χ4v) is 4.50. The van der Waals surface area contributed by atoms with E-state index >= 15 is 0 Å². The van der Waals surface area contributed by atoms with Crippen molar-refractivity contribution in [1.82, 2.24) is 4.98 Å². The highest BCUT2D eigenvalue weighted by Crippen LogP contribution is 2.30. The molecular formula is C22H22FN3OS. The van der Waals surface area contributed by atoms with Crippen LogP contribution < -0.4 is 10.2 Å². The number of amides is 1. The van der Waals surface area contributed by atoms with Gasteiger partial charge in [0.1, 0.15) is 10.7 Å². The number of hydrogen-bond donors (Lipinski definition) is 1. The molecule has 1 saturated heterocycles. The molecule has 0 spiro atoms. The van der Waals surface area contributed by atoms with Crippen molar-refractivity contribution in [1.29, 1.82) is 0 Å². The maximum absolute atomic E-state index is 13.1. The number of rotatable bonds is 5. The van der Waals surface area contributed by atoms with E-state index in [1.165, 1.54) is 36.3 Å². The van der Waals surface area contributed by atoms with E-state index in [9.17, 15) is 9.18 Å². The number of benzene rings is 2. The minimum absolute atomic E-state index is 0.132. The SMILES string of the molecule is Cc1nc(Cc2ccc(F)cc2)sc1C(=O)Nc1ccccc1N1CCCC1.